The van der Waals surface area contributed by atoms with Gasteiger partial charge < -0.3 is 9.40 Å². The van der Waals surface area contributed by atoms with E-state index in [1.807, 2.05) is 0 Å². The second-order valence-electron chi connectivity index (χ2n) is 4.78. The highest BCUT2D eigenvalue weighted by atomic mass is 35.5. The standard InChI is InChI=1S/C10H16ClF3O3/c1-6(8(16)17-11)9(2,3)4-7(15)5-10(12,13)14/h6-7,15H,4-5H2,1-3H3. The Morgan fingerprint density at radius 2 is 1.82 bits per heavy atom. The number of aliphatic hydroxyl groups excluding tert-OH is 1. The molecule has 0 aliphatic rings. The lowest BCUT2D eigenvalue weighted by Gasteiger charge is -2.31. The topological polar surface area (TPSA) is 46.5 Å². The van der Waals surface area contributed by atoms with Crippen molar-refractivity contribution in [3.8, 4) is 0 Å². The molecule has 3 nitrogen and oxygen atoms in total. The first-order valence-corrected chi connectivity index (χ1v) is 5.37. The number of carbonyl (C=O) groups is 1. The molecule has 0 aromatic heterocycles. The van der Waals surface area contributed by atoms with Crippen molar-refractivity contribution < 1.29 is 27.4 Å². The molecule has 102 valence electrons. The van der Waals surface area contributed by atoms with E-state index in [1.165, 1.54) is 6.92 Å². The maximum absolute atomic E-state index is 12.0. The van der Waals surface area contributed by atoms with Crippen LogP contribution < -0.4 is 0 Å². The molecule has 0 aromatic rings. The summed E-state index contributed by atoms with van der Waals surface area (Å²) in [5, 5.41) is 9.32. The average molecular weight is 277 g/mol. The molecular weight excluding hydrogens is 261 g/mol. The van der Waals surface area contributed by atoms with Gasteiger partial charge in [0.15, 0.2) is 0 Å². The van der Waals surface area contributed by atoms with Crippen molar-refractivity contribution in [1.29, 1.82) is 0 Å². The zero-order chi connectivity index (χ0) is 13.9. The van der Waals surface area contributed by atoms with Gasteiger partial charge in [0, 0.05) is 0 Å². The monoisotopic (exact) mass is 276 g/mol. The molecule has 1 N–H and O–H groups in total. The Balaban J connectivity index is 4.48. The van der Waals surface area contributed by atoms with Crippen LogP contribution in [0.5, 0.6) is 0 Å². The quantitative estimate of drug-likeness (QED) is 0.839. The molecule has 17 heavy (non-hydrogen) atoms. The highest BCUT2D eigenvalue weighted by Gasteiger charge is 2.38. The van der Waals surface area contributed by atoms with Gasteiger partial charge >= 0.3 is 12.1 Å². The first kappa shape index (κ1) is 16.5. The van der Waals surface area contributed by atoms with Crippen LogP contribution in [0.1, 0.15) is 33.6 Å². The van der Waals surface area contributed by atoms with Gasteiger partial charge in [0.25, 0.3) is 0 Å². The number of carbonyl (C=O) groups excluding carboxylic acids is 1. The summed E-state index contributed by atoms with van der Waals surface area (Å²) in [6, 6.07) is 0. The predicted molar refractivity (Wildman–Crippen MR) is 56.2 cm³/mol. The summed E-state index contributed by atoms with van der Waals surface area (Å²) in [4.78, 5) is 11.2. The van der Waals surface area contributed by atoms with Crippen LogP contribution in [-0.4, -0.2) is 23.4 Å². The Hall–Kier alpha value is -0.490. The average Bonchev–Trinajstić information content (AvgIpc) is 2.11. The minimum atomic E-state index is -4.42. The van der Waals surface area contributed by atoms with E-state index >= 15 is 0 Å². The lowest BCUT2D eigenvalue weighted by molar-refractivity contribution is -0.158. The zero-order valence-corrected chi connectivity index (χ0v) is 10.6. The molecule has 0 radical (unpaired) electrons. The molecule has 0 spiro atoms. The lowest BCUT2D eigenvalue weighted by Crippen LogP contribution is -2.34. The Kier molecular flexibility index (Phi) is 5.74. The van der Waals surface area contributed by atoms with Crippen molar-refractivity contribution in [3.05, 3.63) is 0 Å². The van der Waals surface area contributed by atoms with Crippen molar-refractivity contribution in [2.24, 2.45) is 11.3 Å². The fourth-order valence-electron chi connectivity index (χ4n) is 1.51. The first-order valence-electron chi connectivity index (χ1n) is 5.07. The summed E-state index contributed by atoms with van der Waals surface area (Å²) in [7, 11) is 0. The van der Waals surface area contributed by atoms with E-state index in [9.17, 15) is 23.1 Å². The van der Waals surface area contributed by atoms with Gasteiger partial charge in [-0.3, -0.25) is 4.79 Å². The molecule has 0 rings (SSSR count). The molecule has 0 heterocycles. The minimum absolute atomic E-state index is 0.167. The fourth-order valence-corrected chi connectivity index (χ4v) is 1.64. The second kappa shape index (κ2) is 5.91. The van der Waals surface area contributed by atoms with Gasteiger partial charge in [0.05, 0.1) is 18.4 Å². The van der Waals surface area contributed by atoms with E-state index in [0.29, 0.717) is 0 Å². The normalized spacial score (nSPS) is 16.5. The van der Waals surface area contributed by atoms with Crippen molar-refractivity contribution in [3.63, 3.8) is 0 Å². The summed E-state index contributed by atoms with van der Waals surface area (Å²) in [6.45, 7) is 4.64. The van der Waals surface area contributed by atoms with Gasteiger partial charge in [0.1, 0.15) is 11.9 Å². The SMILES string of the molecule is CC(C(=O)OCl)C(C)(C)CC(O)CC(F)(F)F. The van der Waals surface area contributed by atoms with E-state index in [-0.39, 0.29) is 6.42 Å². The van der Waals surface area contributed by atoms with Crippen molar-refractivity contribution >= 4 is 17.8 Å². The molecule has 0 amide bonds. The van der Waals surface area contributed by atoms with Gasteiger partial charge in [-0.1, -0.05) is 20.8 Å². The van der Waals surface area contributed by atoms with Crippen LogP contribution in [0.2, 0.25) is 0 Å². The molecule has 2 atom stereocenters. The molecule has 0 saturated carbocycles. The number of hydrogen-bond acceptors (Lipinski definition) is 3. The van der Waals surface area contributed by atoms with E-state index in [2.05, 4.69) is 4.29 Å². The van der Waals surface area contributed by atoms with Crippen LogP contribution in [0, 0.1) is 11.3 Å². The second-order valence-corrected chi connectivity index (χ2v) is 4.94. The van der Waals surface area contributed by atoms with Crippen LogP contribution in [0.25, 0.3) is 0 Å². The molecule has 0 bridgehead atoms. The number of halogens is 4. The van der Waals surface area contributed by atoms with Crippen molar-refractivity contribution in [1.82, 2.24) is 0 Å². The number of alkyl halides is 3. The lowest BCUT2D eigenvalue weighted by atomic mass is 9.75. The molecule has 0 aliphatic heterocycles. The Labute approximate surface area is 103 Å². The highest BCUT2D eigenvalue weighted by Crippen LogP contribution is 2.35. The van der Waals surface area contributed by atoms with Gasteiger partial charge in [-0.15, -0.1) is 0 Å². The zero-order valence-electron chi connectivity index (χ0n) is 9.84. The number of aliphatic hydroxyl groups is 1. The Morgan fingerprint density at radius 1 is 1.35 bits per heavy atom. The molecule has 0 saturated heterocycles. The van der Waals surface area contributed by atoms with Gasteiger partial charge in [-0.05, 0) is 11.8 Å². The maximum Gasteiger partial charge on any atom is 0.391 e. The molecule has 0 fully saturated rings. The maximum atomic E-state index is 12.0. The van der Waals surface area contributed by atoms with Gasteiger partial charge in [0.2, 0.25) is 0 Å². The van der Waals surface area contributed by atoms with Crippen molar-refractivity contribution in [2.45, 2.75) is 45.9 Å². The van der Waals surface area contributed by atoms with Crippen LogP contribution in [0.15, 0.2) is 0 Å². The smallest absolute Gasteiger partial charge is 0.391 e. The van der Waals surface area contributed by atoms with Crippen molar-refractivity contribution in [2.75, 3.05) is 0 Å². The Morgan fingerprint density at radius 3 is 2.18 bits per heavy atom. The third kappa shape index (κ3) is 6.12. The summed E-state index contributed by atoms with van der Waals surface area (Å²) in [5.74, 6) is -1.43. The predicted octanol–water partition coefficient (Wildman–Crippen LogP) is 3.05. The van der Waals surface area contributed by atoms with Crippen LogP contribution in [-0.2, 0) is 9.08 Å². The van der Waals surface area contributed by atoms with E-state index in [4.69, 9.17) is 11.9 Å². The van der Waals surface area contributed by atoms with Crippen LogP contribution in [0.3, 0.4) is 0 Å². The molecule has 0 aliphatic carbocycles. The fraction of sp³-hybridized carbons (Fsp3) is 0.900. The van der Waals surface area contributed by atoms with E-state index in [1.54, 1.807) is 13.8 Å². The van der Waals surface area contributed by atoms with Crippen LogP contribution in [0.4, 0.5) is 13.2 Å². The first-order chi connectivity index (χ1) is 7.49. The number of rotatable bonds is 5. The summed E-state index contributed by atoms with van der Waals surface area (Å²) >= 11 is 4.90. The number of hydrogen-bond donors (Lipinski definition) is 1. The summed E-state index contributed by atoms with van der Waals surface area (Å²) < 4.78 is 40.1. The third-order valence-corrected chi connectivity index (χ3v) is 2.98. The van der Waals surface area contributed by atoms with E-state index < -0.39 is 36.0 Å². The van der Waals surface area contributed by atoms with Crippen LogP contribution >= 0.6 is 11.9 Å². The van der Waals surface area contributed by atoms with Gasteiger partial charge in [-0.2, -0.15) is 13.2 Å². The summed E-state index contributed by atoms with van der Waals surface area (Å²) in [5.41, 5.74) is -0.837. The third-order valence-electron chi connectivity index (χ3n) is 2.83. The summed E-state index contributed by atoms with van der Waals surface area (Å²) in [6.07, 6.45) is -7.43. The Bertz CT molecular complexity index is 266. The molecular formula is C10H16ClF3O3. The molecule has 7 heteroatoms. The molecule has 0 aromatic carbocycles. The minimum Gasteiger partial charge on any atom is -0.393 e. The van der Waals surface area contributed by atoms with E-state index in [0.717, 1.165) is 0 Å². The van der Waals surface area contributed by atoms with Gasteiger partial charge in [-0.25, -0.2) is 0 Å². The molecule has 2 unspecified atom stereocenters. The highest BCUT2D eigenvalue weighted by molar-refractivity contribution is 6.13. The largest absolute Gasteiger partial charge is 0.393 e.